The Morgan fingerprint density at radius 3 is 2.89 bits per heavy atom. The van der Waals surface area contributed by atoms with E-state index in [0.717, 1.165) is 37.6 Å². The van der Waals surface area contributed by atoms with Crippen LogP contribution in [-0.2, 0) is 26.6 Å². The fourth-order valence-electron chi connectivity index (χ4n) is 2.55. The molecule has 0 fully saturated rings. The van der Waals surface area contributed by atoms with E-state index in [1.165, 1.54) is 17.0 Å². The topological polar surface area (TPSA) is 46.8 Å². The third-order valence-electron chi connectivity index (χ3n) is 3.68. The SMILES string of the molecule is Cc1ncc2c(n1)CCN(Cc1cc(C)n(C)n1)C2. The number of hydrogen-bond donors (Lipinski definition) is 0. The number of nitrogens with zero attached hydrogens (tertiary/aromatic N) is 5. The molecular formula is C14H19N5. The number of aromatic nitrogens is 4. The lowest BCUT2D eigenvalue weighted by atomic mass is 10.1. The second-order valence-corrected chi connectivity index (χ2v) is 5.25. The van der Waals surface area contributed by atoms with Gasteiger partial charge in [-0.15, -0.1) is 0 Å². The Bertz CT molecular complexity index is 582. The van der Waals surface area contributed by atoms with Gasteiger partial charge in [0.2, 0.25) is 0 Å². The van der Waals surface area contributed by atoms with Crippen LogP contribution in [0.2, 0.25) is 0 Å². The van der Waals surface area contributed by atoms with Crippen molar-refractivity contribution in [3.8, 4) is 0 Å². The first kappa shape index (κ1) is 12.3. The zero-order valence-corrected chi connectivity index (χ0v) is 11.7. The van der Waals surface area contributed by atoms with Crippen LogP contribution in [0.4, 0.5) is 0 Å². The van der Waals surface area contributed by atoms with Crippen LogP contribution in [0.1, 0.15) is 28.5 Å². The predicted octanol–water partition coefficient (Wildman–Crippen LogP) is 1.39. The van der Waals surface area contributed by atoms with Gasteiger partial charge in [-0.1, -0.05) is 0 Å². The maximum absolute atomic E-state index is 4.52. The Morgan fingerprint density at radius 2 is 2.16 bits per heavy atom. The summed E-state index contributed by atoms with van der Waals surface area (Å²) < 4.78 is 1.93. The third kappa shape index (κ3) is 2.51. The van der Waals surface area contributed by atoms with E-state index in [1.807, 2.05) is 24.9 Å². The van der Waals surface area contributed by atoms with Crippen molar-refractivity contribution in [2.24, 2.45) is 7.05 Å². The lowest BCUT2D eigenvalue weighted by Crippen LogP contribution is -2.31. The summed E-state index contributed by atoms with van der Waals surface area (Å²) in [4.78, 5) is 11.2. The molecule has 0 N–H and O–H groups in total. The molecule has 0 aromatic carbocycles. The molecular weight excluding hydrogens is 238 g/mol. The van der Waals surface area contributed by atoms with Crippen molar-refractivity contribution in [2.45, 2.75) is 33.4 Å². The minimum absolute atomic E-state index is 0.868. The molecule has 5 heteroatoms. The van der Waals surface area contributed by atoms with E-state index in [0.29, 0.717) is 0 Å². The Hall–Kier alpha value is -1.75. The summed E-state index contributed by atoms with van der Waals surface area (Å²) in [6.45, 7) is 6.89. The first-order chi connectivity index (χ1) is 9.11. The van der Waals surface area contributed by atoms with E-state index in [4.69, 9.17) is 0 Å². The van der Waals surface area contributed by atoms with Crippen molar-refractivity contribution < 1.29 is 0 Å². The van der Waals surface area contributed by atoms with Gasteiger partial charge in [-0.25, -0.2) is 9.97 Å². The molecule has 1 aliphatic rings. The highest BCUT2D eigenvalue weighted by Gasteiger charge is 2.18. The number of rotatable bonds is 2. The van der Waals surface area contributed by atoms with E-state index in [1.54, 1.807) is 0 Å². The molecule has 0 atom stereocenters. The third-order valence-corrected chi connectivity index (χ3v) is 3.68. The molecule has 0 aliphatic carbocycles. The van der Waals surface area contributed by atoms with Crippen molar-refractivity contribution in [2.75, 3.05) is 6.54 Å². The molecule has 0 saturated heterocycles. The van der Waals surface area contributed by atoms with Crippen molar-refractivity contribution in [1.82, 2.24) is 24.6 Å². The highest BCUT2D eigenvalue weighted by molar-refractivity contribution is 5.20. The maximum Gasteiger partial charge on any atom is 0.125 e. The summed E-state index contributed by atoms with van der Waals surface area (Å²) in [6, 6.07) is 2.15. The zero-order valence-electron chi connectivity index (χ0n) is 11.7. The van der Waals surface area contributed by atoms with Gasteiger partial charge in [-0.05, 0) is 19.9 Å². The summed E-state index contributed by atoms with van der Waals surface area (Å²) in [5, 5.41) is 4.52. The first-order valence-corrected chi connectivity index (χ1v) is 6.65. The second kappa shape index (κ2) is 4.74. The Morgan fingerprint density at radius 1 is 1.32 bits per heavy atom. The fourth-order valence-corrected chi connectivity index (χ4v) is 2.55. The fraction of sp³-hybridized carbons (Fsp3) is 0.500. The summed E-state index contributed by atoms with van der Waals surface area (Å²) in [5.74, 6) is 0.868. The first-order valence-electron chi connectivity index (χ1n) is 6.65. The number of aryl methyl sites for hydroxylation is 3. The highest BCUT2D eigenvalue weighted by atomic mass is 15.3. The van der Waals surface area contributed by atoms with Gasteiger partial charge in [-0.2, -0.15) is 5.10 Å². The van der Waals surface area contributed by atoms with Gasteiger partial charge >= 0.3 is 0 Å². The standard InChI is InChI=1S/C14H19N5/c1-10-6-13(17-18(10)3)9-19-5-4-14-12(8-19)7-15-11(2)16-14/h6-7H,4-5,8-9H2,1-3H3. The quantitative estimate of drug-likeness (QED) is 0.815. The summed E-state index contributed by atoms with van der Waals surface area (Å²) in [6.07, 6.45) is 2.97. The van der Waals surface area contributed by atoms with Crippen LogP contribution in [0.3, 0.4) is 0 Å². The van der Waals surface area contributed by atoms with Crippen LogP contribution in [0, 0.1) is 13.8 Å². The Labute approximate surface area is 113 Å². The highest BCUT2D eigenvalue weighted by Crippen LogP contribution is 2.18. The average molecular weight is 257 g/mol. The zero-order chi connectivity index (χ0) is 13.4. The molecule has 5 nitrogen and oxygen atoms in total. The molecule has 2 aromatic heterocycles. The molecule has 1 aliphatic heterocycles. The molecule has 0 bridgehead atoms. The summed E-state index contributed by atoms with van der Waals surface area (Å²) in [7, 11) is 1.99. The molecule has 2 aromatic rings. The molecule has 0 spiro atoms. The van der Waals surface area contributed by atoms with Crippen molar-refractivity contribution in [3.63, 3.8) is 0 Å². The van der Waals surface area contributed by atoms with Gasteiger partial charge in [0.05, 0.1) is 5.69 Å². The van der Waals surface area contributed by atoms with E-state index < -0.39 is 0 Å². The predicted molar refractivity (Wildman–Crippen MR) is 72.5 cm³/mol. The van der Waals surface area contributed by atoms with Crippen molar-refractivity contribution in [1.29, 1.82) is 0 Å². The van der Waals surface area contributed by atoms with Gasteiger partial charge in [0.15, 0.2) is 0 Å². The minimum atomic E-state index is 0.868. The summed E-state index contributed by atoms with van der Waals surface area (Å²) in [5.41, 5.74) is 4.80. The van der Waals surface area contributed by atoms with E-state index in [-0.39, 0.29) is 0 Å². The monoisotopic (exact) mass is 257 g/mol. The largest absolute Gasteiger partial charge is 0.293 e. The lowest BCUT2D eigenvalue weighted by Gasteiger charge is -2.27. The smallest absolute Gasteiger partial charge is 0.125 e. The normalized spacial score (nSPS) is 15.5. The van der Waals surface area contributed by atoms with Gasteiger partial charge in [-0.3, -0.25) is 9.58 Å². The number of fused-ring (bicyclic) bond motifs is 1. The lowest BCUT2D eigenvalue weighted by molar-refractivity contribution is 0.239. The molecule has 19 heavy (non-hydrogen) atoms. The molecule has 0 unspecified atom stereocenters. The van der Waals surface area contributed by atoms with Crippen LogP contribution in [0.25, 0.3) is 0 Å². The average Bonchev–Trinajstić information content (AvgIpc) is 2.68. The molecule has 0 radical (unpaired) electrons. The van der Waals surface area contributed by atoms with Crippen LogP contribution >= 0.6 is 0 Å². The van der Waals surface area contributed by atoms with Crippen LogP contribution < -0.4 is 0 Å². The van der Waals surface area contributed by atoms with Crippen LogP contribution in [0.5, 0.6) is 0 Å². The van der Waals surface area contributed by atoms with Crippen molar-refractivity contribution in [3.05, 3.63) is 40.7 Å². The molecule has 3 rings (SSSR count). The van der Waals surface area contributed by atoms with E-state index in [9.17, 15) is 0 Å². The second-order valence-electron chi connectivity index (χ2n) is 5.25. The van der Waals surface area contributed by atoms with Gasteiger partial charge in [0.25, 0.3) is 0 Å². The minimum Gasteiger partial charge on any atom is -0.293 e. The molecule has 0 amide bonds. The van der Waals surface area contributed by atoms with Gasteiger partial charge in [0, 0.05) is 56.3 Å². The Balaban J connectivity index is 1.73. The molecule has 0 saturated carbocycles. The van der Waals surface area contributed by atoms with E-state index >= 15 is 0 Å². The number of hydrogen-bond acceptors (Lipinski definition) is 4. The van der Waals surface area contributed by atoms with E-state index in [2.05, 4.69) is 33.0 Å². The van der Waals surface area contributed by atoms with Crippen LogP contribution in [0.15, 0.2) is 12.3 Å². The van der Waals surface area contributed by atoms with Crippen molar-refractivity contribution >= 4 is 0 Å². The van der Waals surface area contributed by atoms with Gasteiger partial charge < -0.3 is 0 Å². The summed E-state index contributed by atoms with van der Waals surface area (Å²) >= 11 is 0. The molecule has 100 valence electrons. The maximum atomic E-state index is 4.52. The molecule has 3 heterocycles. The Kier molecular flexibility index (Phi) is 3.06. The van der Waals surface area contributed by atoms with Gasteiger partial charge in [0.1, 0.15) is 5.82 Å². The van der Waals surface area contributed by atoms with Crippen LogP contribution in [-0.4, -0.2) is 31.2 Å².